The van der Waals surface area contributed by atoms with Crippen molar-refractivity contribution in [2.45, 2.75) is 25.4 Å². The van der Waals surface area contributed by atoms with Crippen molar-refractivity contribution in [3.8, 4) is 5.75 Å². The number of halogens is 2. The average molecular weight is 257 g/mol. The highest BCUT2D eigenvalue weighted by molar-refractivity contribution is 5.39. The van der Waals surface area contributed by atoms with Gasteiger partial charge in [0.25, 0.3) is 6.43 Å². The molecular formula is C13H17F2NO2. The highest BCUT2D eigenvalue weighted by Gasteiger charge is 2.15. The van der Waals surface area contributed by atoms with Gasteiger partial charge in [-0.25, -0.2) is 8.78 Å². The van der Waals surface area contributed by atoms with Crippen molar-refractivity contribution in [1.82, 2.24) is 5.32 Å². The summed E-state index contributed by atoms with van der Waals surface area (Å²) >= 11 is 0. The molecule has 0 bridgehead atoms. The van der Waals surface area contributed by atoms with Gasteiger partial charge in [0.05, 0.1) is 6.61 Å². The van der Waals surface area contributed by atoms with Crippen LogP contribution in [0.2, 0.25) is 0 Å². The van der Waals surface area contributed by atoms with Gasteiger partial charge < -0.3 is 15.2 Å². The number of hydrogen-bond donors (Lipinski definition) is 2. The summed E-state index contributed by atoms with van der Waals surface area (Å²) in [4.78, 5) is 0. The minimum atomic E-state index is -2.69. The topological polar surface area (TPSA) is 41.5 Å². The van der Waals surface area contributed by atoms with Gasteiger partial charge in [0.15, 0.2) is 0 Å². The standard InChI is InChI=1S/C13H17F2NO2/c14-13(15)11(17)8-16-5-3-9-1-2-12-10(7-9)4-6-18-12/h1-2,7,11,13,16-17H,3-6,8H2. The van der Waals surface area contributed by atoms with Gasteiger partial charge in [0, 0.05) is 13.0 Å². The summed E-state index contributed by atoms with van der Waals surface area (Å²) < 4.78 is 29.5. The Labute approximate surface area is 105 Å². The van der Waals surface area contributed by atoms with Gasteiger partial charge in [0.2, 0.25) is 0 Å². The molecule has 0 amide bonds. The van der Waals surface area contributed by atoms with Crippen LogP contribution < -0.4 is 10.1 Å². The Morgan fingerprint density at radius 1 is 1.39 bits per heavy atom. The predicted octanol–water partition coefficient (Wildman–Crippen LogP) is 1.38. The van der Waals surface area contributed by atoms with E-state index in [9.17, 15) is 8.78 Å². The van der Waals surface area contributed by atoms with Crippen LogP contribution in [0.25, 0.3) is 0 Å². The van der Waals surface area contributed by atoms with Crippen LogP contribution in [0, 0.1) is 0 Å². The fourth-order valence-corrected chi connectivity index (χ4v) is 1.97. The maximum Gasteiger partial charge on any atom is 0.265 e. The monoisotopic (exact) mass is 257 g/mol. The third kappa shape index (κ3) is 3.40. The highest BCUT2D eigenvalue weighted by atomic mass is 19.3. The Hall–Kier alpha value is -1.20. The molecule has 0 aromatic heterocycles. The van der Waals surface area contributed by atoms with E-state index in [1.54, 1.807) is 0 Å². The van der Waals surface area contributed by atoms with Crippen LogP contribution in [-0.4, -0.2) is 37.3 Å². The summed E-state index contributed by atoms with van der Waals surface area (Å²) in [6.07, 6.45) is -2.59. The van der Waals surface area contributed by atoms with Gasteiger partial charge in [-0.2, -0.15) is 0 Å². The number of benzene rings is 1. The summed E-state index contributed by atoms with van der Waals surface area (Å²) in [5.74, 6) is 0.944. The second-order valence-electron chi connectivity index (χ2n) is 4.40. The van der Waals surface area contributed by atoms with Crippen molar-refractivity contribution in [3.05, 3.63) is 29.3 Å². The normalized spacial score (nSPS) is 15.6. The molecule has 0 saturated heterocycles. The van der Waals surface area contributed by atoms with Crippen LogP contribution in [0.5, 0.6) is 5.75 Å². The quantitative estimate of drug-likeness (QED) is 0.756. The average Bonchev–Trinajstić information content (AvgIpc) is 2.81. The lowest BCUT2D eigenvalue weighted by atomic mass is 10.1. The van der Waals surface area contributed by atoms with Gasteiger partial charge >= 0.3 is 0 Å². The van der Waals surface area contributed by atoms with E-state index >= 15 is 0 Å². The summed E-state index contributed by atoms with van der Waals surface area (Å²) in [7, 11) is 0. The van der Waals surface area contributed by atoms with Crippen molar-refractivity contribution < 1.29 is 18.6 Å². The third-order valence-electron chi connectivity index (χ3n) is 2.99. The van der Waals surface area contributed by atoms with Crippen molar-refractivity contribution >= 4 is 0 Å². The fourth-order valence-electron chi connectivity index (χ4n) is 1.97. The Kier molecular flexibility index (Phi) is 4.49. The van der Waals surface area contributed by atoms with Gasteiger partial charge in [-0.15, -0.1) is 0 Å². The Morgan fingerprint density at radius 3 is 3.00 bits per heavy atom. The molecule has 0 saturated carbocycles. The van der Waals surface area contributed by atoms with E-state index in [1.165, 1.54) is 5.56 Å². The van der Waals surface area contributed by atoms with Crippen LogP contribution in [0.3, 0.4) is 0 Å². The van der Waals surface area contributed by atoms with Crippen molar-refractivity contribution in [2.24, 2.45) is 0 Å². The molecule has 5 heteroatoms. The molecular weight excluding hydrogens is 240 g/mol. The maximum atomic E-state index is 12.0. The zero-order valence-electron chi connectivity index (χ0n) is 10.0. The third-order valence-corrected chi connectivity index (χ3v) is 2.99. The lowest BCUT2D eigenvalue weighted by Gasteiger charge is -2.10. The molecule has 0 aliphatic carbocycles. The molecule has 100 valence electrons. The lowest BCUT2D eigenvalue weighted by Crippen LogP contribution is -2.33. The van der Waals surface area contributed by atoms with E-state index in [2.05, 4.69) is 11.4 Å². The minimum Gasteiger partial charge on any atom is -0.493 e. The van der Waals surface area contributed by atoms with Crippen molar-refractivity contribution in [1.29, 1.82) is 0 Å². The number of alkyl halides is 2. The van der Waals surface area contributed by atoms with Gasteiger partial charge in [0.1, 0.15) is 11.9 Å². The second-order valence-corrected chi connectivity index (χ2v) is 4.40. The second kappa shape index (κ2) is 6.11. The Bertz CT molecular complexity index is 399. The van der Waals surface area contributed by atoms with Crippen LogP contribution >= 0.6 is 0 Å². The number of hydrogen-bond acceptors (Lipinski definition) is 3. The summed E-state index contributed by atoms with van der Waals surface area (Å²) in [6.45, 7) is 1.23. The molecule has 0 spiro atoms. The molecule has 3 nitrogen and oxygen atoms in total. The van der Waals surface area contributed by atoms with Gasteiger partial charge in [-0.3, -0.25) is 0 Å². The van der Waals surface area contributed by atoms with E-state index in [0.717, 1.165) is 30.8 Å². The molecule has 1 aliphatic heterocycles. The number of aliphatic hydroxyl groups is 1. The SMILES string of the molecule is OC(CNCCc1ccc2c(c1)CCO2)C(F)F. The smallest absolute Gasteiger partial charge is 0.265 e. The molecule has 1 aromatic rings. The molecule has 2 N–H and O–H groups in total. The van der Waals surface area contributed by atoms with Gasteiger partial charge in [-0.1, -0.05) is 12.1 Å². The van der Waals surface area contributed by atoms with Gasteiger partial charge in [-0.05, 0) is 30.2 Å². The number of rotatable bonds is 6. The zero-order valence-corrected chi connectivity index (χ0v) is 10.0. The molecule has 2 rings (SSSR count). The summed E-state index contributed by atoms with van der Waals surface area (Å²) in [6, 6.07) is 6.02. The molecule has 1 aromatic carbocycles. The van der Waals surface area contributed by atoms with E-state index < -0.39 is 12.5 Å². The number of ether oxygens (including phenoxy) is 1. The van der Waals surface area contributed by atoms with Crippen molar-refractivity contribution in [3.63, 3.8) is 0 Å². The van der Waals surface area contributed by atoms with E-state index in [0.29, 0.717) is 6.54 Å². The number of nitrogens with one attached hydrogen (secondary N) is 1. The molecule has 1 unspecified atom stereocenters. The minimum absolute atomic E-state index is 0.0777. The Balaban J connectivity index is 1.74. The van der Waals surface area contributed by atoms with Crippen LogP contribution in [0.1, 0.15) is 11.1 Å². The highest BCUT2D eigenvalue weighted by Crippen LogP contribution is 2.25. The van der Waals surface area contributed by atoms with E-state index in [-0.39, 0.29) is 6.54 Å². The first-order valence-corrected chi connectivity index (χ1v) is 6.08. The van der Waals surface area contributed by atoms with E-state index in [1.807, 2.05) is 12.1 Å². The summed E-state index contributed by atoms with van der Waals surface area (Å²) in [5.41, 5.74) is 2.36. The first kappa shape index (κ1) is 13.2. The van der Waals surface area contributed by atoms with Crippen LogP contribution in [0.4, 0.5) is 8.78 Å². The number of fused-ring (bicyclic) bond motifs is 1. The molecule has 1 heterocycles. The molecule has 1 atom stereocenters. The first-order valence-electron chi connectivity index (χ1n) is 6.08. The maximum absolute atomic E-state index is 12.0. The number of aliphatic hydroxyl groups excluding tert-OH is 1. The van der Waals surface area contributed by atoms with Crippen LogP contribution in [-0.2, 0) is 12.8 Å². The lowest BCUT2D eigenvalue weighted by molar-refractivity contribution is -0.00309. The largest absolute Gasteiger partial charge is 0.493 e. The predicted molar refractivity (Wildman–Crippen MR) is 64.2 cm³/mol. The molecule has 0 radical (unpaired) electrons. The zero-order chi connectivity index (χ0) is 13.0. The van der Waals surface area contributed by atoms with Crippen LogP contribution in [0.15, 0.2) is 18.2 Å². The first-order chi connectivity index (χ1) is 8.66. The van der Waals surface area contributed by atoms with Crippen molar-refractivity contribution in [2.75, 3.05) is 19.7 Å². The molecule has 1 aliphatic rings. The Morgan fingerprint density at radius 2 is 2.22 bits per heavy atom. The molecule has 18 heavy (non-hydrogen) atoms. The summed E-state index contributed by atoms with van der Waals surface area (Å²) in [5, 5.41) is 11.7. The van der Waals surface area contributed by atoms with E-state index in [4.69, 9.17) is 9.84 Å². The fraction of sp³-hybridized carbons (Fsp3) is 0.538. The molecule has 0 fully saturated rings.